The first-order valence-corrected chi connectivity index (χ1v) is 7.06. The Morgan fingerprint density at radius 2 is 1.00 bits per heavy atom. The molecule has 0 aliphatic heterocycles. The molecule has 0 nitrogen and oxygen atoms in total. The molecule has 0 unspecified atom stereocenters. The van der Waals surface area contributed by atoms with Gasteiger partial charge in [-0.05, 0) is 58.4 Å². The summed E-state index contributed by atoms with van der Waals surface area (Å²) in [5, 5.41) is 0. The summed E-state index contributed by atoms with van der Waals surface area (Å²) in [6.45, 7) is 4.36. The smallest absolute Gasteiger partial charge is 0.00989 e. The highest BCUT2D eigenvalue weighted by molar-refractivity contribution is 6.10. The molecule has 2 aromatic rings. The summed E-state index contributed by atoms with van der Waals surface area (Å²) in [5.74, 6) is 0. The molecule has 4 rings (SSSR count). The molecule has 0 amide bonds. The van der Waals surface area contributed by atoms with Crippen molar-refractivity contribution in [1.82, 2.24) is 0 Å². The second kappa shape index (κ2) is 4.08. The Bertz CT molecular complexity index is 744. The van der Waals surface area contributed by atoms with Crippen molar-refractivity contribution in [2.45, 2.75) is 13.8 Å². The number of hydrogen-bond donors (Lipinski definition) is 0. The third kappa shape index (κ3) is 1.48. The van der Waals surface area contributed by atoms with E-state index in [0.717, 1.165) is 0 Å². The van der Waals surface area contributed by atoms with Crippen LogP contribution in [0.2, 0.25) is 0 Å². The van der Waals surface area contributed by atoms with Crippen molar-refractivity contribution in [3.63, 3.8) is 0 Å². The quantitative estimate of drug-likeness (QED) is 0.602. The van der Waals surface area contributed by atoms with Crippen LogP contribution in [-0.4, -0.2) is 0 Å². The fourth-order valence-electron chi connectivity index (χ4n) is 3.26. The molecule has 0 atom stereocenters. The topological polar surface area (TPSA) is 0 Å². The number of benzene rings is 2. The maximum absolute atomic E-state index is 2.26. The first kappa shape index (κ1) is 11.5. The average Bonchev–Trinajstić information content (AvgIpc) is 3.03. The van der Waals surface area contributed by atoms with E-state index < -0.39 is 0 Å². The molecule has 0 fully saturated rings. The van der Waals surface area contributed by atoms with Crippen molar-refractivity contribution in [3.05, 3.63) is 81.9 Å². The highest BCUT2D eigenvalue weighted by Crippen LogP contribution is 2.41. The van der Waals surface area contributed by atoms with Crippen LogP contribution in [0, 0.1) is 13.8 Å². The average molecular weight is 256 g/mol. The molecule has 2 aliphatic carbocycles. The van der Waals surface area contributed by atoms with E-state index in [0.29, 0.717) is 0 Å². The fraction of sp³-hybridized carbons (Fsp3) is 0.100. The first-order valence-electron chi connectivity index (χ1n) is 7.06. The Morgan fingerprint density at radius 3 is 1.45 bits per heavy atom. The largest absolute Gasteiger partial charge is 0.0613 e. The highest BCUT2D eigenvalue weighted by Gasteiger charge is 2.20. The zero-order chi connectivity index (χ0) is 13.7. The fourth-order valence-corrected chi connectivity index (χ4v) is 3.26. The van der Waals surface area contributed by atoms with Gasteiger partial charge < -0.3 is 0 Å². The Hall–Kier alpha value is -2.34. The molecule has 2 aromatic carbocycles. The van der Waals surface area contributed by atoms with E-state index in [4.69, 9.17) is 0 Å². The summed E-state index contributed by atoms with van der Waals surface area (Å²) < 4.78 is 0. The van der Waals surface area contributed by atoms with Gasteiger partial charge in [0.1, 0.15) is 0 Å². The number of aryl methyl sites for hydroxylation is 2. The number of rotatable bonds is 0. The Labute approximate surface area is 119 Å². The molecule has 0 bridgehead atoms. The normalized spacial score (nSPS) is 18.5. The molecule has 0 radical (unpaired) electrons. The molecule has 20 heavy (non-hydrogen) atoms. The molecule has 0 heterocycles. The SMILES string of the molecule is Cc1cccc2c1C=C/C2=C1\C=Cc2c(C)cccc21. The van der Waals surface area contributed by atoms with E-state index in [-0.39, 0.29) is 0 Å². The summed E-state index contributed by atoms with van der Waals surface area (Å²) in [4.78, 5) is 0. The molecule has 0 N–H and O–H groups in total. The lowest BCUT2D eigenvalue weighted by Crippen LogP contribution is -1.89. The summed E-state index contributed by atoms with van der Waals surface area (Å²) in [6.07, 6.45) is 9.01. The van der Waals surface area contributed by atoms with Gasteiger partial charge in [0.2, 0.25) is 0 Å². The molecule has 0 heteroatoms. The van der Waals surface area contributed by atoms with E-state index in [1.165, 1.54) is 44.5 Å². The minimum Gasteiger partial charge on any atom is -0.0613 e. The molecular weight excluding hydrogens is 240 g/mol. The van der Waals surface area contributed by atoms with Crippen molar-refractivity contribution in [1.29, 1.82) is 0 Å². The number of fused-ring (bicyclic) bond motifs is 2. The van der Waals surface area contributed by atoms with Crippen LogP contribution in [0.3, 0.4) is 0 Å². The van der Waals surface area contributed by atoms with E-state index in [1.807, 2.05) is 0 Å². The van der Waals surface area contributed by atoms with Crippen LogP contribution < -0.4 is 0 Å². The van der Waals surface area contributed by atoms with Gasteiger partial charge in [-0.2, -0.15) is 0 Å². The Kier molecular flexibility index (Phi) is 2.34. The van der Waals surface area contributed by atoms with Crippen molar-refractivity contribution in [2.75, 3.05) is 0 Å². The van der Waals surface area contributed by atoms with Gasteiger partial charge in [-0.1, -0.05) is 60.7 Å². The van der Waals surface area contributed by atoms with Gasteiger partial charge in [0.25, 0.3) is 0 Å². The summed E-state index contributed by atoms with van der Waals surface area (Å²) >= 11 is 0. The van der Waals surface area contributed by atoms with Gasteiger partial charge in [0.05, 0.1) is 0 Å². The monoisotopic (exact) mass is 256 g/mol. The van der Waals surface area contributed by atoms with E-state index in [9.17, 15) is 0 Å². The Morgan fingerprint density at radius 1 is 0.550 bits per heavy atom. The Balaban J connectivity index is 1.99. The highest BCUT2D eigenvalue weighted by atomic mass is 14.2. The van der Waals surface area contributed by atoms with E-state index in [2.05, 4.69) is 74.5 Å². The van der Waals surface area contributed by atoms with Crippen molar-refractivity contribution in [2.24, 2.45) is 0 Å². The lowest BCUT2D eigenvalue weighted by Gasteiger charge is -2.09. The van der Waals surface area contributed by atoms with Crippen LogP contribution in [0.5, 0.6) is 0 Å². The zero-order valence-electron chi connectivity index (χ0n) is 11.8. The van der Waals surface area contributed by atoms with Crippen molar-refractivity contribution >= 4 is 23.3 Å². The van der Waals surface area contributed by atoms with Crippen LogP contribution >= 0.6 is 0 Å². The van der Waals surface area contributed by atoms with Gasteiger partial charge in [0, 0.05) is 0 Å². The van der Waals surface area contributed by atoms with E-state index in [1.54, 1.807) is 0 Å². The zero-order valence-corrected chi connectivity index (χ0v) is 11.8. The maximum Gasteiger partial charge on any atom is -0.00989 e. The van der Waals surface area contributed by atoms with Crippen molar-refractivity contribution in [3.8, 4) is 0 Å². The van der Waals surface area contributed by atoms with Crippen LogP contribution in [-0.2, 0) is 0 Å². The number of hydrogen-bond acceptors (Lipinski definition) is 0. The van der Waals surface area contributed by atoms with E-state index >= 15 is 0 Å². The van der Waals surface area contributed by atoms with Crippen LogP contribution in [0.15, 0.2) is 48.6 Å². The predicted molar refractivity (Wildman–Crippen MR) is 87.2 cm³/mol. The standard InChI is InChI=1S/C20H16/c1-13-5-3-7-17-15(13)9-11-19(17)20-12-10-16-14(2)6-4-8-18(16)20/h3-12H,1-2H3/b20-19-. The molecule has 2 aliphatic rings. The predicted octanol–water partition coefficient (Wildman–Crippen LogP) is 5.27. The summed E-state index contributed by atoms with van der Waals surface area (Å²) in [5.41, 5.74) is 10.8. The number of allylic oxidation sites excluding steroid dienone is 4. The second-order valence-corrected chi connectivity index (χ2v) is 5.57. The van der Waals surface area contributed by atoms with Gasteiger partial charge in [-0.25, -0.2) is 0 Å². The van der Waals surface area contributed by atoms with Gasteiger partial charge >= 0.3 is 0 Å². The van der Waals surface area contributed by atoms with Gasteiger partial charge in [-0.15, -0.1) is 0 Å². The third-order valence-corrected chi connectivity index (χ3v) is 4.35. The lowest BCUT2D eigenvalue weighted by molar-refractivity contribution is 1.43. The minimum atomic E-state index is 1.35. The maximum atomic E-state index is 2.26. The molecule has 0 aromatic heterocycles. The summed E-state index contributed by atoms with van der Waals surface area (Å²) in [6, 6.07) is 13.1. The van der Waals surface area contributed by atoms with Crippen LogP contribution in [0.4, 0.5) is 0 Å². The van der Waals surface area contributed by atoms with Gasteiger partial charge in [-0.3, -0.25) is 0 Å². The van der Waals surface area contributed by atoms with Gasteiger partial charge in [0.15, 0.2) is 0 Å². The molecule has 0 saturated heterocycles. The molecular formula is C20H16. The third-order valence-electron chi connectivity index (χ3n) is 4.35. The van der Waals surface area contributed by atoms with Crippen LogP contribution in [0.25, 0.3) is 23.3 Å². The lowest BCUT2D eigenvalue weighted by atomic mass is 9.94. The molecule has 0 spiro atoms. The first-order chi connectivity index (χ1) is 9.75. The molecule has 0 saturated carbocycles. The van der Waals surface area contributed by atoms with Crippen molar-refractivity contribution < 1.29 is 0 Å². The minimum absolute atomic E-state index is 1.35. The molecule has 96 valence electrons. The van der Waals surface area contributed by atoms with Crippen LogP contribution in [0.1, 0.15) is 33.4 Å². The second-order valence-electron chi connectivity index (χ2n) is 5.57. The summed E-state index contributed by atoms with van der Waals surface area (Å²) in [7, 11) is 0.